The van der Waals surface area contributed by atoms with E-state index in [0.29, 0.717) is 28.5 Å². The maximum absolute atomic E-state index is 6.60. The van der Waals surface area contributed by atoms with Crippen molar-refractivity contribution in [3.63, 3.8) is 0 Å². The standard InChI is InChI=1S/C24H46O2Si2/c1-18(2)28(19(3)4,20(5)6)25-16-15-22-17-21(7)13-14-23(22)24(8,9)26-27(10,11)12/h13,18-20,22-23H,14,17H2,1-12H3/t22-,23-/m1/s1. The molecule has 4 heteroatoms. The third kappa shape index (κ3) is 6.24. The van der Waals surface area contributed by atoms with Crippen LogP contribution < -0.4 is 0 Å². The Morgan fingerprint density at radius 3 is 1.93 bits per heavy atom. The van der Waals surface area contributed by atoms with E-state index in [0.717, 1.165) is 12.8 Å². The second-order valence-corrected chi connectivity index (χ2v) is 21.0. The van der Waals surface area contributed by atoms with Crippen LogP contribution in [0.2, 0.25) is 36.3 Å². The molecule has 0 N–H and O–H groups in total. The van der Waals surface area contributed by atoms with Gasteiger partial charge in [0.2, 0.25) is 0 Å². The van der Waals surface area contributed by atoms with E-state index in [4.69, 9.17) is 8.85 Å². The van der Waals surface area contributed by atoms with Crippen LogP contribution in [0.25, 0.3) is 0 Å². The molecule has 1 aliphatic rings. The van der Waals surface area contributed by atoms with Crippen LogP contribution in [0.4, 0.5) is 0 Å². The molecule has 1 aliphatic carbocycles. The monoisotopic (exact) mass is 422 g/mol. The SMILES string of the molecule is CC1=CC[C@@H](C(C)(C)O[Si](C)(C)C)[C@H](C#CO[Si](C(C)C)(C(C)C)C(C)C)C1. The minimum absolute atomic E-state index is 0.163. The van der Waals surface area contributed by atoms with Gasteiger partial charge in [-0.3, -0.25) is 0 Å². The van der Waals surface area contributed by atoms with Gasteiger partial charge in [-0.15, -0.1) is 0 Å². The largest absolute Gasteiger partial charge is 0.500 e. The van der Waals surface area contributed by atoms with Gasteiger partial charge in [-0.25, -0.2) is 0 Å². The van der Waals surface area contributed by atoms with Crippen molar-refractivity contribution in [1.29, 1.82) is 0 Å². The first-order chi connectivity index (χ1) is 12.6. The maximum atomic E-state index is 6.60. The van der Waals surface area contributed by atoms with E-state index in [-0.39, 0.29) is 5.60 Å². The Hall–Kier alpha value is -0.506. The predicted octanol–water partition coefficient (Wildman–Crippen LogP) is 7.74. The van der Waals surface area contributed by atoms with Crippen LogP contribution in [0, 0.1) is 23.9 Å². The molecule has 2 nitrogen and oxygen atoms in total. The molecule has 0 aromatic heterocycles. The lowest BCUT2D eigenvalue weighted by Crippen LogP contribution is -2.47. The summed E-state index contributed by atoms with van der Waals surface area (Å²) in [6.07, 6.45) is 7.72. The molecule has 0 heterocycles. The highest BCUT2D eigenvalue weighted by Gasteiger charge is 2.47. The third-order valence-corrected chi connectivity index (χ3v) is 13.4. The van der Waals surface area contributed by atoms with Crippen LogP contribution in [0.5, 0.6) is 0 Å². The molecule has 0 saturated carbocycles. The Labute approximate surface area is 178 Å². The van der Waals surface area contributed by atoms with Crippen molar-refractivity contribution < 1.29 is 8.85 Å². The maximum Gasteiger partial charge on any atom is 0.272 e. The van der Waals surface area contributed by atoms with E-state index in [1.807, 2.05) is 0 Å². The van der Waals surface area contributed by atoms with Crippen LogP contribution in [-0.2, 0) is 8.85 Å². The molecule has 0 fully saturated rings. The molecule has 0 amide bonds. The van der Waals surface area contributed by atoms with Crippen molar-refractivity contribution in [1.82, 2.24) is 0 Å². The second kappa shape index (κ2) is 9.54. The molecular formula is C24H46O2Si2. The number of rotatable bonds is 7. The summed E-state index contributed by atoms with van der Waals surface area (Å²) in [5.74, 6) is 4.28. The fourth-order valence-electron chi connectivity index (χ4n) is 5.40. The van der Waals surface area contributed by atoms with Gasteiger partial charge < -0.3 is 8.85 Å². The third-order valence-electron chi connectivity index (χ3n) is 6.39. The summed E-state index contributed by atoms with van der Waals surface area (Å²) in [5, 5.41) is 0. The van der Waals surface area contributed by atoms with Crippen molar-refractivity contribution in [2.75, 3.05) is 0 Å². The predicted molar refractivity (Wildman–Crippen MR) is 128 cm³/mol. The summed E-state index contributed by atoms with van der Waals surface area (Å²) in [7, 11) is -3.57. The lowest BCUT2D eigenvalue weighted by molar-refractivity contribution is 0.0165. The first-order valence-corrected chi connectivity index (χ1v) is 16.7. The van der Waals surface area contributed by atoms with Crippen LogP contribution in [0.15, 0.2) is 11.6 Å². The van der Waals surface area contributed by atoms with E-state index in [1.54, 1.807) is 0 Å². The molecule has 0 spiro atoms. The molecule has 28 heavy (non-hydrogen) atoms. The highest BCUT2D eigenvalue weighted by Crippen LogP contribution is 2.43. The normalized spacial score (nSPS) is 21.6. The Balaban J connectivity index is 3.15. The first-order valence-electron chi connectivity index (χ1n) is 11.2. The highest BCUT2D eigenvalue weighted by atomic mass is 28.4. The molecule has 0 aromatic rings. The van der Waals surface area contributed by atoms with E-state index in [1.165, 1.54) is 5.57 Å². The number of hydrogen-bond donors (Lipinski definition) is 0. The zero-order valence-corrected chi connectivity index (χ0v) is 22.7. The number of hydrogen-bond acceptors (Lipinski definition) is 2. The van der Waals surface area contributed by atoms with Crippen molar-refractivity contribution in [3.8, 4) is 12.0 Å². The summed E-state index contributed by atoms with van der Waals surface area (Å²) in [6, 6.07) is 0. The first kappa shape index (κ1) is 25.5. The summed E-state index contributed by atoms with van der Waals surface area (Å²) in [4.78, 5) is 0. The second-order valence-electron chi connectivity index (χ2n) is 11.2. The van der Waals surface area contributed by atoms with E-state index >= 15 is 0 Å². The molecule has 0 bridgehead atoms. The minimum Gasteiger partial charge on any atom is -0.500 e. The quantitative estimate of drug-likeness (QED) is 0.237. The molecule has 0 radical (unpaired) electrons. The summed E-state index contributed by atoms with van der Waals surface area (Å²) >= 11 is 0. The molecule has 0 aromatic carbocycles. The lowest BCUT2D eigenvalue weighted by atomic mass is 9.72. The van der Waals surface area contributed by atoms with Gasteiger partial charge in [0.25, 0.3) is 8.32 Å². The van der Waals surface area contributed by atoms with Gasteiger partial charge in [0.1, 0.15) is 0 Å². The van der Waals surface area contributed by atoms with Gasteiger partial charge >= 0.3 is 0 Å². The van der Waals surface area contributed by atoms with Crippen LogP contribution in [0.1, 0.15) is 75.2 Å². The Bertz CT molecular complexity index is 579. The van der Waals surface area contributed by atoms with E-state index in [2.05, 4.69) is 100 Å². The van der Waals surface area contributed by atoms with Crippen molar-refractivity contribution >= 4 is 16.6 Å². The smallest absolute Gasteiger partial charge is 0.272 e. The molecule has 162 valence electrons. The van der Waals surface area contributed by atoms with Gasteiger partial charge in [0, 0.05) is 11.8 Å². The molecule has 1 rings (SSSR count). The van der Waals surface area contributed by atoms with Crippen LogP contribution in [-0.4, -0.2) is 22.2 Å². The van der Waals surface area contributed by atoms with Gasteiger partial charge in [-0.05, 0) is 69.9 Å². The molecule has 0 saturated heterocycles. The highest BCUT2D eigenvalue weighted by molar-refractivity contribution is 6.77. The minimum atomic E-state index is -1.95. The average Bonchev–Trinajstić information content (AvgIpc) is 2.47. The molecule has 2 atom stereocenters. The Kier molecular flexibility index (Phi) is 8.69. The van der Waals surface area contributed by atoms with Crippen molar-refractivity contribution in [2.24, 2.45) is 11.8 Å². The van der Waals surface area contributed by atoms with Gasteiger partial charge in [0.15, 0.2) is 8.32 Å². The number of allylic oxidation sites excluding steroid dienone is 2. The zero-order valence-electron chi connectivity index (χ0n) is 20.7. The fourth-order valence-corrected chi connectivity index (χ4v) is 12.1. The van der Waals surface area contributed by atoms with E-state index in [9.17, 15) is 0 Å². The Morgan fingerprint density at radius 2 is 1.50 bits per heavy atom. The summed E-state index contributed by atoms with van der Waals surface area (Å²) < 4.78 is 13.1. The molecule has 0 aliphatic heterocycles. The fraction of sp³-hybridized carbons (Fsp3) is 0.833. The average molecular weight is 423 g/mol. The van der Waals surface area contributed by atoms with Gasteiger partial charge in [-0.2, -0.15) is 0 Å². The van der Waals surface area contributed by atoms with Gasteiger partial charge in [-0.1, -0.05) is 59.1 Å². The summed E-state index contributed by atoms with van der Waals surface area (Å²) in [6.45, 7) is 27.5. The molecular weight excluding hydrogens is 376 g/mol. The van der Waals surface area contributed by atoms with Gasteiger partial charge in [0.05, 0.1) is 11.7 Å². The van der Waals surface area contributed by atoms with Crippen molar-refractivity contribution in [3.05, 3.63) is 11.6 Å². The Morgan fingerprint density at radius 1 is 1.00 bits per heavy atom. The molecule has 0 unspecified atom stereocenters. The van der Waals surface area contributed by atoms with Crippen LogP contribution >= 0.6 is 0 Å². The lowest BCUT2D eigenvalue weighted by Gasteiger charge is -2.43. The topological polar surface area (TPSA) is 18.5 Å². The van der Waals surface area contributed by atoms with Crippen molar-refractivity contribution in [2.45, 2.75) is 117 Å². The van der Waals surface area contributed by atoms with Crippen LogP contribution in [0.3, 0.4) is 0 Å². The zero-order chi connectivity index (χ0) is 21.9. The summed E-state index contributed by atoms with van der Waals surface area (Å²) in [5.41, 5.74) is 2.94. The van der Waals surface area contributed by atoms with E-state index < -0.39 is 16.6 Å².